The lowest BCUT2D eigenvalue weighted by atomic mass is 9.77. The fourth-order valence-corrected chi connectivity index (χ4v) is 3.35. The SMILES string of the molecule is COC(=O)c1ccc([C@H](C)CC(=O)[C@H]2C[C@@H](O)CCN2B(C)O)cc1. The molecular weight excluding hydrogens is 321 g/mol. The van der Waals surface area contributed by atoms with Crippen molar-refractivity contribution in [1.29, 1.82) is 0 Å². The van der Waals surface area contributed by atoms with Crippen molar-refractivity contribution in [3.05, 3.63) is 35.4 Å². The minimum Gasteiger partial charge on any atom is -0.465 e. The normalized spacial score (nSPS) is 22.3. The van der Waals surface area contributed by atoms with E-state index in [2.05, 4.69) is 4.74 Å². The fraction of sp³-hybridized carbons (Fsp3) is 0.556. The highest BCUT2D eigenvalue weighted by Crippen LogP contribution is 2.25. The molecule has 1 saturated heterocycles. The fourth-order valence-electron chi connectivity index (χ4n) is 3.35. The molecule has 1 aliphatic heterocycles. The van der Waals surface area contributed by atoms with E-state index in [1.807, 2.05) is 19.1 Å². The molecule has 3 atom stereocenters. The zero-order chi connectivity index (χ0) is 18.6. The van der Waals surface area contributed by atoms with E-state index in [0.29, 0.717) is 31.4 Å². The van der Waals surface area contributed by atoms with Crippen LogP contribution >= 0.6 is 0 Å². The first-order valence-electron chi connectivity index (χ1n) is 8.66. The van der Waals surface area contributed by atoms with Gasteiger partial charge in [0.1, 0.15) is 5.78 Å². The number of methoxy groups -OCH3 is 1. The van der Waals surface area contributed by atoms with E-state index in [4.69, 9.17) is 0 Å². The van der Waals surface area contributed by atoms with Crippen molar-refractivity contribution in [1.82, 2.24) is 4.81 Å². The number of rotatable bonds is 6. The van der Waals surface area contributed by atoms with Gasteiger partial charge in [-0.05, 0) is 49.8 Å². The number of carbonyl (C=O) groups excluding carboxylic acids is 2. The molecule has 1 aromatic carbocycles. The molecular formula is C18H26BNO5. The number of ether oxygens (including phenoxy) is 1. The number of aliphatic hydroxyl groups is 1. The predicted molar refractivity (Wildman–Crippen MR) is 95.4 cm³/mol. The molecule has 2 rings (SSSR count). The molecule has 0 unspecified atom stereocenters. The summed E-state index contributed by atoms with van der Waals surface area (Å²) in [5, 5.41) is 19.8. The first-order valence-corrected chi connectivity index (χ1v) is 8.66. The van der Waals surface area contributed by atoms with Gasteiger partial charge in [0.15, 0.2) is 0 Å². The largest absolute Gasteiger partial charge is 0.465 e. The van der Waals surface area contributed by atoms with Crippen molar-refractivity contribution < 1.29 is 24.5 Å². The average molecular weight is 347 g/mol. The van der Waals surface area contributed by atoms with Crippen molar-refractivity contribution in [2.24, 2.45) is 0 Å². The van der Waals surface area contributed by atoms with Crippen LogP contribution in [0.15, 0.2) is 24.3 Å². The standard InChI is InChI=1S/C18H26BNO5/c1-12(13-4-6-14(7-5-13)18(23)25-3)10-17(22)16-11-15(21)8-9-20(16)19(2)24/h4-7,12,15-16,21,24H,8-11H2,1-3H3/t12-,15+,16-/m1/s1. The zero-order valence-corrected chi connectivity index (χ0v) is 15.0. The van der Waals surface area contributed by atoms with Gasteiger partial charge in [0.2, 0.25) is 0 Å². The van der Waals surface area contributed by atoms with E-state index >= 15 is 0 Å². The lowest BCUT2D eigenvalue weighted by molar-refractivity contribution is -0.125. The number of benzene rings is 1. The molecule has 1 aliphatic rings. The minimum atomic E-state index is -0.712. The highest BCUT2D eigenvalue weighted by atomic mass is 16.5. The van der Waals surface area contributed by atoms with Gasteiger partial charge in [-0.15, -0.1) is 0 Å². The molecule has 0 aromatic heterocycles. The minimum absolute atomic E-state index is 0.0178. The lowest BCUT2D eigenvalue weighted by Gasteiger charge is -2.38. The summed E-state index contributed by atoms with van der Waals surface area (Å²) in [5.41, 5.74) is 1.43. The van der Waals surface area contributed by atoms with E-state index in [1.54, 1.807) is 23.8 Å². The monoisotopic (exact) mass is 347 g/mol. The summed E-state index contributed by atoms with van der Waals surface area (Å²) < 4.78 is 4.68. The second kappa shape index (κ2) is 8.60. The van der Waals surface area contributed by atoms with Crippen LogP contribution in [-0.4, -0.2) is 59.5 Å². The Labute approximate surface area is 148 Å². The van der Waals surface area contributed by atoms with Gasteiger partial charge in [0, 0.05) is 6.42 Å². The summed E-state index contributed by atoms with van der Waals surface area (Å²) in [6.07, 6.45) is 0.744. The van der Waals surface area contributed by atoms with Crippen molar-refractivity contribution >= 4 is 18.8 Å². The molecule has 1 aromatic rings. The molecule has 1 heterocycles. The maximum absolute atomic E-state index is 12.7. The van der Waals surface area contributed by atoms with Crippen LogP contribution < -0.4 is 0 Å². The Kier molecular flexibility index (Phi) is 6.75. The number of piperidine rings is 1. The van der Waals surface area contributed by atoms with Crippen LogP contribution in [0.25, 0.3) is 0 Å². The Morgan fingerprint density at radius 3 is 2.56 bits per heavy atom. The highest BCUT2D eigenvalue weighted by molar-refractivity contribution is 6.45. The van der Waals surface area contributed by atoms with E-state index in [9.17, 15) is 19.7 Å². The number of ketones is 1. The van der Waals surface area contributed by atoms with Crippen molar-refractivity contribution in [3.8, 4) is 0 Å². The van der Waals surface area contributed by atoms with Crippen LogP contribution in [0.2, 0.25) is 6.82 Å². The quantitative estimate of drug-likeness (QED) is 0.599. The molecule has 136 valence electrons. The number of hydrogen-bond donors (Lipinski definition) is 2. The molecule has 0 aliphatic carbocycles. The van der Waals surface area contributed by atoms with Crippen LogP contribution in [0.5, 0.6) is 0 Å². The van der Waals surface area contributed by atoms with Crippen molar-refractivity contribution in [2.45, 2.75) is 51.1 Å². The Bertz CT molecular complexity index is 604. The smallest absolute Gasteiger partial charge is 0.377 e. The number of aliphatic hydroxyl groups excluding tert-OH is 1. The Morgan fingerprint density at radius 1 is 1.36 bits per heavy atom. The molecule has 0 amide bonds. The van der Waals surface area contributed by atoms with Gasteiger partial charge in [0.25, 0.3) is 0 Å². The first-order chi connectivity index (χ1) is 11.8. The van der Waals surface area contributed by atoms with E-state index in [1.165, 1.54) is 7.11 Å². The predicted octanol–water partition coefficient (Wildman–Crippen LogP) is 1.47. The Morgan fingerprint density at radius 2 is 2.00 bits per heavy atom. The van der Waals surface area contributed by atoms with Crippen LogP contribution in [0.3, 0.4) is 0 Å². The van der Waals surface area contributed by atoms with Crippen LogP contribution in [-0.2, 0) is 9.53 Å². The third-order valence-electron chi connectivity index (χ3n) is 4.88. The number of nitrogens with zero attached hydrogens (tertiary/aromatic N) is 1. The third-order valence-corrected chi connectivity index (χ3v) is 4.88. The number of Topliss-reactive ketones (excluding diaryl/α,β-unsaturated/α-hetero) is 1. The van der Waals surface area contributed by atoms with Crippen molar-refractivity contribution in [2.75, 3.05) is 13.7 Å². The molecule has 6 nitrogen and oxygen atoms in total. The average Bonchev–Trinajstić information content (AvgIpc) is 2.60. The van der Waals surface area contributed by atoms with E-state index < -0.39 is 19.2 Å². The zero-order valence-electron chi connectivity index (χ0n) is 15.0. The van der Waals surface area contributed by atoms with Gasteiger partial charge in [0.05, 0.1) is 24.8 Å². The second-order valence-electron chi connectivity index (χ2n) is 6.75. The van der Waals surface area contributed by atoms with Gasteiger partial charge in [-0.25, -0.2) is 4.79 Å². The molecule has 0 spiro atoms. The Balaban J connectivity index is 2.04. The van der Waals surface area contributed by atoms with Gasteiger partial charge >= 0.3 is 13.0 Å². The van der Waals surface area contributed by atoms with E-state index in [-0.39, 0.29) is 17.7 Å². The van der Waals surface area contributed by atoms with Gasteiger partial charge in [-0.2, -0.15) is 0 Å². The van der Waals surface area contributed by atoms with E-state index in [0.717, 1.165) is 5.56 Å². The second-order valence-corrected chi connectivity index (χ2v) is 6.75. The lowest BCUT2D eigenvalue weighted by Crippen LogP contribution is -2.54. The van der Waals surface area contributed by atoms with Gasteiger partial charge in [-0.1, -0.05) is 19.1 Å². The molecule has 0 radical (unpaired) electrons. The molecule has 7 heteroatoms. The number of esters is 1. The molecule has 1 fully saturated rings. The maximum Gasteiger partial charge on any atom is 0.377 e. The molecule has 0 bridgehead atoms. The first kappa shape index (κ1) is 19.6. The third kappa shape index (κ3) is 4.90. The summed E-state index contributed by atoms with van der Waals surface area (Å²) in [4.78, 5) is 26.0. The van der Waals surface area contributed by atoms with Crippen LogP contribution in [0.1, 0.15) is 48.0 Å². The summed E-state index contributed by atoms with van der Waals surface area (Å²) in [5.74, 6) is -0.391. The Hall–Kier alpha value is -1.70. The van der Waals surface area contributed by atoms with Crippen LogP contribution in [0, 0.1) is 0 Å². The topological polar surface area (TPSA) is 87.1 Å². The molecule has 0 saturated carbocycles. The van der Waals surface area contributed by atoms with Crippen molar-refractivity contribution in [3.63, 3.8) is 0 Å². The molecule has 25 heavy (non-hydrogen) atoms. The van der Waals surface area contributed by atoms with Crippen LogP contribution in [0.4, 0.5) is 0 Å². The summed E-state index contributed by atoms with van der Waals surface area (Å²) in [7, 11) is 0.625. The number of carbonyl (C=O) groups is 2. The maximum atomic E-state index is 12.7. The summed E-state index contributed by atoms with van der Waals surface area (Å²) in [6.45, 7) is 4.11. The summed E-state index contributed by atoms with van der Waals surface area (Å²) >= 11 is 0. The molecule has 2 N–H and O–H groups in total. The highest BCUT2D eigenvalue weighted by Gasteiger charge is 2.36. The van der Waals surface area contributed by atoms with Gasteiger partial charge in [-0.3, -0.25) is 4.79 Å². The van der Waals surface area contributed by atoms with Gasteiger partial charge < -0.3 is 19.7 Å². The number of hydrogen-bond acceptors (Lipinski definition) is 6. The summed E-state index contributed by atoms with van der Waals surface area (Å²) in [6, 6.07) is 6.57.